The average Bonchev–Trinajstić information content (AvgIpc) is 2.55. The molecule has 1 N–H and O–H groups in total. The molecule has 0 amide bonds. The van der Waals surface area contributed by atoms with Gasteiger partial charge in [-0.1, -0.05) is 30.4 Å². The van der Waals surface area contributed by atoms with Gasteiger partial charge in [-0.2, -0.15) is 0 Å². The molecule has 17 heavy (non-hydrogen) atoms. The van der Waals surface area contributed by atoms with Gasteiger partial charge in [-0.05, 0) is 17.5 Å². The minimum atomic E-state index is -0.0469. The van der Waals surface area contributed by atoms with Crippen LogP contribution in [0.25, 0.3) is 16.8 Å². The van der Waals surface area contributed by atoms with Crippen LogP contribution in [0.2, 0.25) is 0 Å². The number of hydrogen-bond acceptors (Lipinski definition) is 2. The summed E-state index contributed by atoms with van der Waals surface area (Å²) >= 11 is 0. The number of phenols is 1. The Balaban J connectivity index is 2.52. The van der Waals surface area contributed by atoms with Crippen molar-refractivity contribution in [3.8, 4) is 5.75 Å². The number of hydrogen-bond donors (Lipinski definition) is 1. The monoisotopic (exact) mass is 225 g/mol. The molecule has 0 aliphatic carbocycles. The summed E-state index contributed by atoms with van der Waals surface area (Å²) < 4.78 is 1.65. The highest BCUT2D eigenvalue weighted by molar-refractivity contribution is 5.94. The van der Waals surface area contributed by atoms with Crippen LogP contribution >= 0.6 is 0 Å². The molecule has 0 bridgehead atoms. The first-order chi connectivity index (χ1) is 8.27. The fourth-order valence-corrected chi connectivity index (χ4v) is 2.17. The maximum atomic E-state index is 12.0. The van der Waals surface area contributed by atoms with Gasteiger partial charge < -0.3 is 9.67 Å². The number of aromatic nitrogens is 1. The Morgan fingerprint density at radius 2 is 2.12 bits per heavy atom. The zero-order chi connectivity index (χ0) is 11.8. The first kappa shape index (κ1) is 9.90. The average molecular weight is 225 g/mol. The van der Waals surface area contributed by atoms with Gasteiger partial charge in [0.25, 0.3) is 5.56 Å². The number of pyridine rings is 1. The number of benzene rings is 1. The third-order valence-electron chi connectivity index (χ3n) is 2.96. The predicted molar refractivity (Wildman–Crippen MR) is 68.0 cm³/mol. The van der Waals surface area contributed by atoms with E-state index in [1.165, 1.54) is 0 Å². The number of phenolic OH excluding ortho intramolecular Hbond substituents is 1. The van der Waals surface area contributed by atoms with Gasteiger partial charge in [0, 0.05) is 18.0 Å². The summed E-state index contributed by atoms with van der Waals surface area (Å²) in [5.74, 6) is 0.206. The van der Waals surface area contributed by atoms with Crippen molar-refractivity contribution in [1.29, 1.82) is 0 Å². The zero-order valence-corrected chi connectivity index (χ0v) is 9.13. The molecule has 3 nitrogen and oxygen atoms in total. The van der Waals surface area contributed by atoms with E-state index >= 15 is 0 Å². The Morgan fingerprint density at radius 1 is 1.24 bits per heavy atom. The fraction of sp³-hybridized carbons (Fsp3) is 0.0714. The Morgan fingerprint density at radius 3 is 3.00 bits per heavy atom. The number of nitrogens with zero attached hydrogens (tertiary/aromatic N) is 1. The van der Waals surface area contributed by atoms with E-state index in [9.17, 15) is 9.90 Å². The molecule has 2 heterocycles. The van der Waals surface area contributed by atoms with Crippen molar-refractivity contribution in [2.24, 2.45) is 0 Å². The van der Waals surface area contributed by atoms with Gasteiger partial charge in [-0.3, -0.25) is 4.79 Å². The maximum absolute atomic E-state index is 12.0. The number of allylic oxidation sites excluding steroid dienone is 3. The quantitative estimate of drug-likeness (QED) is 0.747. The molecule has 0 fully saturated rings. The summed E-state index contributed by atoms with van der Waals surface area (Å²) in [5, 5.41) is 11.4. The molecule has 0 spiro atoms. The lowest BCUT2D eigenvalue weighted by molar-refractivity contribution is 0.481. The fourth-order valence-electron chi connectivity index (χ4n) is 2.17. The normalized spacial score (nSPS) is 13.6. The minimum absolute atomic E-state index is 0.0469. The highest BCUT2D eigenvalue weighted by atomic mass is 16.3. The third kappa shape index (κ3) is 1.47. The minimum Gasteiger partial charge on any atom is -0.507 e. The van der Waals surface area contributed by atoms with E-state index in [1.807, 2.05) is 30.4 Å². The Labute approximate surface area is 97.9 Å². The van der Waals surface area contributed by atoms with Crippen LogP contribution in [0.1, 0.15) is 5.69 Å². The van der Waals surface area contributed by atoms with E-state index in [-0.39, 0.29) is 11.3 Å². The summed E-state index contributed by atoms with van der Waals surface area (Å²) in [5.41, 5.74) is 0.713. The highest BCUT2D eigenvalue weighted by Gasteiger charge is 2.10. The second kappa shape index (κ2) is 3.63. The van der Waals surface area contributed by atoms with Crippen molar-refractivity contribution in [2.45, 2.75) is 6.54 Å². The Hall–Kier alpha value is -2.29. The van der Waals surface area contributed by atoms with Crippen LogP contribution in [0.3, 0.4) is 0 Å². The molecule has 1 aromatic carbocycles. The summed E-state index contributed by atoms with van der Waals surface area (Å²) in [7, 11) is 0. The molecule has 1 aliphatic heterocycles. The lowest BCUT2D eigenvalue weighted by Crippen LogP contribution is -2.20. The van der Waals surface area contributed by atoms with Crippen molar-refractivity contribution >= 4 is 16.8 Å². The van der Waals surface area contributed by atoms with Crippen molar-refractivity contribution in [1.82, 2.24) is 4.57 Å². The van der Waals surface area contributed by atoms with Gasteiger partial charge in [-0.25, -0.2) is 0 Å². The molecule has 2 aromatic rings. The summed E-state index contributed by atoms with van der Waals surface area (Å²) in [6, 6.07) is 6.78. The summed E-state index contributed by atoms with van der Waals surface area (Å²) in [6.45, 7) is 0.533. The molecule has 0 saturated heterocycles. The Bertz CT molecular complexity index is 708. The van der Waals surface area contributed by atoms with E-state index < -0.39 is 0 Å². The molecule has 84 valence electrons. The topological polar surface area (TPSA) is 42.2 Å². The van der Waals surface area contributed by atoms with Gasteiger partial charge in [-0.15, -0.1) is 0 Å². The summed E-state index contributed by atoms with van der Waals surface area (Å²) in [6.07, 6.45) is 7.55. The molecular weight excluding hydrogens is 214 g/mol. The van der Waals surface area contributed by atoms with Gasteiger partial charge >= 0.3 is 0 Å². The van der Waals surface area contributed by atoms with Gasteiger partial charge in [0.2, 0.25) is 0 Å². The van der Waals surface area contributed by atoms with Gasteiger partial charge in [0.15, 0.2) is 0 Å². The van der Waals surface area contributed by atoms with E-state index in [0.29, 0.717) is 6.54 Å². The van der Waals surface area contributed by atoms with Crippen molar-refractivity contribution < 1.29 is 5.11 Å². The Kier molecular flexibility index (Phi) is 2.11. The molecule has 0 radical (unpaired) electrons. The van der Waals surface area contributed by atoms with Crippen LogP contribution < -0.4 is 5.56 Å². The second-order valence-electron chi connectivity index (χ2n) is 4.01. The number of rotatable bonds is 0. The third-order valence-corrected chi connectivity index (χ3v) is 2.96. The standard InChI is InChI=1S/C14H11NO2/c16-12-7-4-5-10-9-13(17)15-8-3-1-2-6-11(15)14(10)12/h1-7,9,16H,8H2. The lowest BCUT2D eigenvalue weighted by atomic mass is 10.1. The van der Waals surface area contributed by atoms with Crippen molar-refractivity contribution in [3.63, 3.8) is 0 Å². The maximum Gasteiger partial charge on any atom is 0.251 e. The van der Waals surface area contributed by atoms with Crippen LogP contribution in [0.15, 0.2) is 47.3 Å². The molecule has 3 rings (SSSR count). The van der Waals surface area contributed by atoms with Gasteiger partial charge in [0.05, 0.1) is 5.69 Å². The van der Waals surface area contributed by atoms with Crippen molar-refractivity contribution in [3.05, 3.63) is 58.5 Å². The van der Waals surface area contributed by atoms with E-state index in [2.05, 4.69) is 0 Å². The molecule has 0 saturated carbocycles. The van der Waals surface area contributed by atoms with Crippen LogP contribution in [0.5, 0.6) is 5.75 Å². The SMILES string of the molecule is O=c1cc2cccc(O)c2c2n1CC=CC=C2. The smallest absolute Gasteiger partial charge is 0.251 e. The van der Waals surface area contributed by atoms with Crippen molar-refractivity contribution in [2.75, 3.05) is 0 Å². The largest absolute Gasteiger partial charge is 0.507 e. The molecular formula is C14H11NO2. The first-order valence-corrected chi connectivity index (χ1v) is 5.46. The van der Waals surface area contributed by atoms with E-state index in [0.717, 1.165) is 16.5 Å². The number of fused-ring (bicyclic) bond motifs is 3. The molecule has 3 heteroatoms. The van der Waals surface area contributed by atoms with E-state index in [4.69, 9.17) is 0 Å². The summed E-state index contributed by atoms with van der Waals surface area (Å²) in [4.78, 5) is 12.0. The first-order valence-electron chi connectivity index (χ1n) is 5.46. The van der Waals surface area contributed by atoms with E-state index in [1.54, 1.807) is 22.8 Å². The zero-order valence-electron chi connectivity index (χ0n) is 9.13. The molecule has 1 aromatic heterocycles. The lowest BCUT2D eigenvalue weighted by Gasteiger charge is -2.11. The molecule has 0 unspecified atom stereocenters. The molecule has 0 atom stereocenters. The van der Waals surface area contributed by atoms with Gasteiger partial charge in [0.1, 0.15) is 5.75 Å². The highest BCUT2D eigenvalue weighted by Crippen LogP contribution is 2.28. The second-order valence-corrected chi connectivity index (χ2v) is 4.01. The predicted octanol–water partition coefficient (Wildman–Crippen LogP) is 2.29. The van der Waals surface area contributed by atoms with Crippen LogP contribution in [0, 0.1) is 0 Å². The molecule has 1 aliphatic rings. The number of aromatic hydroxyl groups is 1. The van der Waals surface area contributed by atoms with Crippen LogP contribution in [-0.2, 0) is 6.54 Å². The van der Waals surface area contributed by atoms with Crippen LogP contribution in [0.4, 0.5) is 0 Å². The van der Waals surface area contributed by atoms with Crippen LogP contribution in [-0.4, -0.2) is 9.67 Å².